The summed E-state index contributed by atoms with van der Waals surface area (Å²) < 4.78 is 50.9. The zero-order chi connectivity index (χ0) is 41.0. The van der Waals surface area contributed by atoms with E-state index in [2.05, 4.69) is 27.1 Å². The van der Waals surface area contributed by atoms with E-state index in [-0.39, 0.29) is 30.7 Å². The van der Waals surface area contributed by atoms with Crippen LogP contribution in [-0.2, 0) is 29.1 Å². The van der Waals surface area contributed by atoms with E-state index in [1.54, 1.807) is 67.7 Å². The average Bonchev–Trinajstić information content (AvgIpc) is 4.02. The quantitative estimate of drug-likeness (QED) is 0.221. The molecule has 3 fully saturated rings. The molecule has 0 radical (unpaired) electrons. The molecular formula is C39H50N6O10S. The summed E-state index contributed by atoms with van der Waals surface area (Å²) in [6.07, 6.45) is 0.814. The van der Waals surface area contributed by atoms with Crippen LogP contribution in [0.4, 0.5) is 4.79 Å². The van der Waals surface area contributed by atoms with Gasteiger partial charge < -0.3 is 34.3 Å². The van der Waals surface area contributed by atoms with Crippen molar-refractivity contribution in [3.63, 3.8) is 0 Å². The summed E-state index contributed by atoms with van der Waals surface area (Å²) in [6, 6.07) is 6.62. The van der Waals surface area contributed by atoms with Crippen LogP contribution in [0.5, 0.6) is 11.5 Å². The van der Waals surface area contributed by atoms with Crippen LogP contribution in [0.1, 0.15) is 72.9 Å². The fourth-order valence-corrected chi connectivity index (χ4v) is 8.26. The lowest BCUT2D eigenvalue weighted by atomic mass is 9.85. The summed E-state index contributed by atoms with van der Waals surface area (Å²) >= 11 is 0. The number of amides is 4. The maximum Gasteiger partial charge on any atom is 0.408 e. The minimum Gasteiger partial charge on any atom is -0.496 e. The fourth-order valence-electron chi connectivity index (χ4n) is 6.90. The molecule has 16 nitrogen and oxygen atoms in total. The summed E-state index contributed by atoms with van der Waals surface area (Å²) in [4.78, 5) is 61.7. The molecule has 2 aliphatic carbocycles. The molecule has 1 aromatic carbocycles. The maximum atomic E-state index is 14.6. The van der Waals surface area contributed by atoms with Crippen LogP contribution in [0.3, 0.4) is 0 Å². The topological polar surface area (TPSA) is 208 Å². The zero-order valence-electron chi connectivity index (χ0n) is 32.9. The third-order valence-electron chi connectivity index (χ3n) is 10.1. The van der Waals surface area contributed by atoms with Crippen molar-refractivity contribution >= 4 is 44.9 Å². The molecule has 2 aromatic heterocycles. The second-order valence-electron chi connectivity index (χ2n) is 16.8. The van der Waals surface area contributed by atoms with E-state index >= 15 is 0 Å². The summed E-state index contributed by atoms with van der Waals surface area (Å²) in [5, 5.41) is 8.92. The number of rotatable bonds is 12. The van der Waals surface area contributed by atoms with Gasteiger partial charge in [0, 0.05) is 24.0 Å². The number of carbonyl (C=O) groups excluding carboxylic acids is 4. The first kappa shape index (κ1) is 40.5. The minimum atomic E-state index is -3.93. The largest absolute Gasteiger partial charge is 0.496 e. The van der Waals surface area contributed by atoms with Gasteiger partial charge in [-0.2, -0.15) is 0 Å². The second-order valence-corrected chi connectivity index (χ2v) is 18.7. The van der Waals surface area contributed by atoms with Crippen molar-refractivity contribution in [1.82, 2.24) is 30.4 Å². The molecule has 3 heterocycles. The smallest absolute Gasteiger partial charge is 0.408 e. The van der Waals surface area contributed by atoms with Crippen LogP contribution in [0.2, 0.25) is 0 Å². The molecule has 3 N–H and O–H groups in total. The Morgan fingerprint density at radius 2 is 1.79 bits per heavy atom. The van der Waals surface area contributed by atoms with Gasteiger partial charge in [0.1, 0.15) is 46.3 Å². The Balaban J connectivity index is 1.34. The number of likely N-dealkylation sites (tertiary alicyclic amines) is 1. The highest BCUT2D eigenvalue weighted by Crippen LogP contribution is 2.46. The van der Waals surface area contributed by atoms with Crippen LogP contribution in [0.25, 0.3) is 22.4 Å². The van der Waals surface area contributed by atoms with E-state index < -0.39 is 79.7 Å². The Hall–Kier alpha value is -5.19. The molecule has 56 heavy (non-hydrogen) atoms. The fraction of sp³-hybridized carbons (Fsp3) is 0.538. The number of methoxy groups -OCH3 is 1. The van der Waals surface area contributed by atoms with E-state index in [4.69, 9.17) is 23.7 Å². The molecule has 4 amide bonds. The predicted octanol–water partition coefficient (Wildman–Crippen LogP) is 4.16. The number of carbonyl (C=O) groups is 4. The molecule has 5 atom stereocenters. The van der Waals surface area contributed by atoms with Crippen molar-refractivity contribution in [3.05, 3.63) is 48.7 Å². The minimum absolute atomic E-state index is 0.0430. The van der Waals surface area contributed by atoms with Crippen molar-refractivity contribution in [3.8, 4) is 22.8 Å². The highest BCUT2D eigenvalue weighted by molar-refractivity contribution is 7.91. The van der Waals surface area contributed by atoms with Gasteiger partial charge >= 0.3 is 6.09 Å². The molecule has 302 valence electrons. The number of hydrogen-bond acceptors (Lipinski definition) is 12. The van der Waals surface area contributed by atoms with Crippen LogP contribution in [0, 0.1) is 18.3 Å². The number of para-hydroxylation sites is 1. The van der Waals surface area contributed by atoms with Gasteiger partial charge in [0.05, 0.1) is 24.6 Å². The van der Waals surface area contributed by atoms with Crippen molar-refractivity contribution in [1.29, 1.82) is 0 Å². The van der Waals surface area contributed by atoms with Gasteiger partial charge in [-0.1, -0.05) is 44.1 Å². The zero-order valence-corrected chi connectivity index (χ0v) is 33.7. The van der Waals surface area contributed by atoms with Gasteiger partial charge in [0.2, 0.25) is 27.4 Å². The van der Waals surface area contributed by atoms with E-state index in [9.17, 15) is 27.6 Å². The Morgan fingerprint density at radius 3 is 2.39 bits per heavy atom. The lowest BCUT2D eigenvalue weighted by Crippen LogP contribution is -2.60. The number of pyridine rings is 1. The highest BCUT2D eigenvalue weighted by atomic mass is 32.2. The van der Waals surface area contributed by atoms with E-state index in [0.29, 0.717) is 41.1 Å². The summed E-state index contributed by atoms with van der Waals surface area (Å²) in [5.41, 5.74) is -0.907. The molecule has 3 aliphatic rings. The molecule has 0 bridgehead atoms. The maximum absolute atomic E-state index is 14.6. The number of ether oxygens (including phenoxy) is 3. The standard InChI is InChI=1S/C39H50N6O10S/c1-10-22-19-39(22,35(48)44-56(50,51)24-15-16-24)42-33(46)27-17-23(20-45(27)34(47)32(37(3,4)5)41-36(49)54-38(6,7)8)53-29-18-26(25-13-11-12-14-28(25)52-9)40-30-21(2)43-55-31(29)30/h10-14,18,22-24,27,32H,1,15-17,19-20H2,2-9H3,(H,41,49)(H,42,46)(H,44,48)/t22-,23-,27+,32-,39-/m1/s1. The normalized spacial score (nSPS) is 22.9. The number of fused-ring (bicyclic) bond motifs is 1. The number of benzene rings is 1. The molecule has 1 aliphatic heterocycles. The Labute approximate surface area is 326 Å². The van der Waals surface area contributed by atoms with Gasteiger partial charge in [-0.25, -0.2) is 18.2 Å². The molecule has 0 spiro atoms. The van der Waals surface area contributed by atoms with Crippen molar-refractivity contribution < 1.29 is 46.3 Å². The predicted molar refractivity (Wildman–Crippen MR) is 205 cm³/mol. The van der Waals surface area contributed by atoms with Crippen LogP contribution >= 0.6 is 0 Å². The lowest BCUT2D eigenvalue weighted by Gasteiger charge is -2.36. The second kappa shape index (κ2) is 14.7. The molecule has 0 unspecified atom stereocenters. The Morgan fingerprint density at radius 1 is 1.09 bits per heavy atom. The van der Waals surface area contributed by atoms with Gasteiger partial charge in [0.15, 0.2) is 5.75 Å². The lowest BCUT2D eigenvalue weighted by molar-refractivity contribution is -0.143. The number of nitrogens with one attached hydrogen (secondary N) is 3. The first-order chi connectivity index (χ1) is 26.2. The van der Waals surface area contributed by atoms with Gasteiger partial charge in [-0.3, -0.25) is 19.1 Å². The number of hydrogen-bond donors (Lipinski definition) is 3. The number of aryl methyl sites for hydroxylation is 1. The average molecular weight is 795 g/mol. The van der Waals surface area contributed by atoms with Gasteiger partial charge in [-0.05, 0) is 64.5 Å². The molecular weight excluding hydrogens is 745 g/mol. The molecule has 6 rings (SSSR count). The number of aromatic nitrogens is 2. The Bertz CT molecular complexity index is 2170. The third kappa shape index (κ3) is 8.32. The molecule has 17 heteroatoms. The van der Waals surface area contributed by atoms with Gasteiger partial charge in [0.25, 0.3) is 5.91 Å². The van der Waals surface area contributed by atoms with Crippen molar-refractivity contribution in [2.24, 2.45) is 11.3 Å². The van der Waals surface area contributed by atoms with Crippen molar-refractivity contribution in [2.45, 2.75) is 109 Å². The third-order valence-corrected chi connectivity index (χ3v) is 11.9. The summed E-state index contributed by atoms with van der Waals surface area (Å²) in [7, 11) is -2.38. The first-order valence-corrected chi connectivity index (χ1v) is 20.1. The number of nitrogens with zero attached hydrogens (tertiary/aromatic N) is 3. The van der Waals surface area contributed by atoms with E-state index in [1.165, 1.54) is 11.0 Å². The van der Waals surface area contributed by atoms with Crippen LogP contribution in [0.15, 0.2) is 47.5 Å². The highest BCUT2D eigenvalue weighted by Gasteiger charge is 2.62. The Kier molecular flexibility index (Phi) is 10.6. The summed E-state index contributed by atoms with van der Waals surface area (Å²) in [5.74, 6) is -1.89. The molecule has 3 aromatic rings. The van der Waals surface area contributed by atoms with Gasteiger partial charge in [-0.15, -0.1) is 6.58 Å². The SMILES string of the molecule is C=C[C@@H]1C[C@]1(NC(=O)[C@@H]1C[C@@H](Oc2cc(-c3ccccc3OC)nc3c(C)noc23)CN1C(=O)[C@@H](NC(=O)OC(C)(C)C)C(C)(C)C)C(=O)NS(=O)(=O)C1CC1. The summed E-state index contributed by atoms with van der Waals surface area (Å²) in [6.45, 7) is 15.8. The number of sulfonamides is 1. The van der Waals surface area contributed by atoms with Crippen LogP contribution < -0.4 is 24.8 Å². The van der Waals surface area contributed by atoms with E-state index in [0.717, 1.165) is 0 Å². The molecule has 1 saturated heterocycles. The van der Waals surface area contributed by atoms with E-state index in [1.807, 2.05) is 18.2 Å². The van der Waals surface area contributed by atoms with Crippen LogP contribution in [-0.4, -0.2) is 95.5 Å². The van der Waals surface area contributed by atoms with Crippen molar-refractivity contribution in [2.75, 3.05) is 13.7 Å². The monoisotopic (exact) mass is 794 g/mol. The number of alkyl carbamates (subject to hydrolysis) is 1. The molecule has 2 saturated carbocycles. The first-order valence-electron chi connectivity index (χ1n) is 18.5.